The highest BCUT2D eigenvalue weighted by atomic mass is 16.5. The van der Waals surface area contributed by atoms with Crippen LogP contribution in [0.4, 0.5) is 4.79 Å². The first-order valence-corrected chi connectivity index (χ1v) is 5.00. The summed E-state index contributed by atoms with van der Waals surface area (Å²) < 4.78 is 4.43. The van der Waals surface area contributed by atoms with Crippen molar-refractivity contribution < 1.29 is 9.53 Å². The number of hydrazone groups is 1. The first-order valence-electron chi connectivity index (χ1n) is 5.00. The maximum atomic E-state index is 10.8. The Hall–Kier alpha value is -1.84. The van der Waals surface area contributed by atoms with Crippen molar-refractivity contribution in [2.45, 2.75) is 20.8 Å². The zero-order valence-electron chi connectivity index (χ0n) is 10.00. The van der Waals surface area contributed by atoms with Gasteiger partial charge in [-0.2, -0.15) is 5.10 Å². The van der Waals surface area contributed by atoms with Crippen LogP contribution in [0.25, 0.3) is 0 Å². The van der Waals surface area contributed by atoms with Crippen molar-refractivity contribution in [1.29, 1.82) is 0 Å². The molecule has 0 aliphatic carbocycles. The second-order valence-corrected chi connectivity index (χ2v) is 3.62. The van der Waals surface area contributed by atoms with Crippen LogP contribution < -0.4 is 5.43 Å². The Bertz CT molecular complexity index is 425. The molecule has 0 fully saturated rings. The van der Waals surface area contributed by atoms with Crippen molar-refractivity contribution in [2.24, 2.45) is 5.10 Å². The Kier molecular flexibility index (Phi) is 4.05. The van der Waals surface area contributed by atoms with Crippen LogP contribution in [0.3, 0.4) is 0 Å². The minimum Gasteiger partial charge on any atom is -0.452 e. The number of hydrogen-bond donors (Lipinski definition) is 1. The second kappa shape index (κ2) is 5.30. The Morgan fingerprint density at radius 2 is 2.06 bits per heavy atom. The van der Waals surface area contributed by atoms with Crippen molar-refractivity contribution in [2.75, 3.05) is 7.11 Å². The normalized spacial score (nSPS) is 11.1. The Morgan fingerprint density at radius 1 is 1.38 bits per heavy atom. The lowest BCUT2D eigenvalue weighted by molar-refractivity contribution is 0.171. The standard InChI is InChI=1S/C12H16N2O2/c1-8-5-6-11(9(2)7-8)10(3)13-14-12(15)16-4/h5-7H,1-4H3,(H,14,15). The molecule has 0 saturated carbocycles. The summed E-state index contributed by atoms with van der Waals surface area (Å²) >= 11 is 0. The van der Waals surface area contributed by atoms with Gasteiger partial charge in [0.15, 0.2) is 0 Å². The third-order valence-electron chi connectivity index (χ3n) is 2.27. The van der Waals surface area contributed by atoms with Crippen molar-refractivity contribution in [3.63, 3.8) is 0 Å². The molecule has 1 aromatic carbocycles. The first kappa shape index (κ1) is 12.2. The molecule has 0 atom stereocenters. The lowest BCUT2D eigenvalue weighted by Crippen LogP contribution is -2.18. The van der Waals surface area contributed by atoms with E-state index in [1.54, 1.807) is 0 Å². The number of methoxy groups -OCH3 is 1. The fourth-order valence-electron chi connectivity index (χ4n) is 1.45. The minimum absolute atomic E-state index is 0.566. The third kappa shape index (κ3) is 3.08. The molecule has 0 unspecified atom stereocenters. The number of nitrogens with one attached hydrogen (secondary N) is 1. The van der Waals surface area contributed by atoms with E-state index < -0.39 is 6.09 Å². The number of benzene rings is 1. The quantitative estimate of drug-likeness (QED) is 0.614. The van der Waals surface area contributed by atoms with Crippen LogP contribution in [-0.2, 0) is 4.74 Å². The number of carbonyl (C=O) groups excluding carboxylic acids is 1. The topological polar surface area (TPSA) is 50.7 Å². The molecule has 0 spiro atoms. The highest BCUT2D eigenvalue weighted by Crippen LogP contribution is 2.11. The molecule has 1 amide bonds. The molecule has 1 N–H and O–H groups in total. The molecule has 0 bridgehead atoms. The van der Waals surface area contributed by atoms with Crippen LogP contribution in [0.2, 0.25) is 0 Å². The average Bonchev–Trinajstić information content (AvgIpc) is 2.25. The molecule has 0 aliphatic rings. The molecule has 16 heavy (non-hydrogen) atoms. The first-order chi connectivity index (χ1) is 7.54. The number of rotatable bonds is 2. The van der Waals surface area contributed by atoms with E-state index in [0.29, 0.717) is 0 Å². The fourth-order valence-corrected chi connectivity index (χ4v) is 1.45. The molecule has 1 aromatic rings. The highest BCUT2D eigenvalue weighted by molar-refractivity contribution is 6.00. The Balaban J connectivity index is 2.87. The van der Waals surface area contributed by atoms with Crippen molar-refractivity contribution >= 4 is 11.8 Å². The molecule has 0 heterocycles. The van der Waals surface area contributed by atoms with Gasteiger partial charge in [-0.25, -0.2) is 10.2 Å². The van der Waals surface area contributed by atoms with Gasteiger partial charge >= 0.3 is 6.09 Å². The van der Waals surface area contributed by atoms with Gasteiger partial charge in [0.05, 0.1) is 12.8 Å². The van der Waals surface area contributed by atoms with Gasteiger partial charge < -0.3 is 4.74 Å². The fraction of sp³-hybridized carbons (Fsp3) is 0.333. The lowest BCUT2D eigenvalue weighted by atomic mass is 10.0. The summed E-state index contributed by atoms with van der Waals surface area (Å²) in [6, 6.07) is 6.08. The summed E-state index contributed by atoms with van der Waals surface area (Å²) in [6.45, 7) is 5.89. The van der Waals surface area contributed by atoms with Crippen LogP contribution in [0, 0.1) is 13.8 Å². The van der Waals surface area contributed by atoms with Crippen LogP contribution in [0.15, 0.2) is 23.3 Å². The summed E-state index contributed by atoms with van der Waals surface area (Å²) in [4.78, 5) is 10.8. The summed E-state index contributed by atoms with van der Waals surface area (Å²) in [5.41, 5.74) is 6.40. The van der Waals surface area contributed by atoms with Gasteiger partial charge in [-0.05, 0) is 26.3 Å². The maximum Gasteiger partial charge on any atom is 0.427 e. The average molecular weight is 220 g/mol. The molecule has 0 aliphatic heterocycles. The smallest absolute Gasteiger partial charge is 0.427 e. The lowest BCUT2D eigenvalue weighted by Gasteiger charge is -2.06. The largest absolute Gasteiger partial charge is 0.452 e. The zero-order valence-corrected chi connectivity index (χ0v) is 10.00. The van der Waals surface area contributed by atoms with Crippen LogP contribution in [0.1, 0.15) is 23.6 Å². The van der Waals surface area contributed by atoms with Crippen molar-refractivity contribution in [1.82, 2.24) is 5.43 Å². The number of ether oxygens (including phenoxy) is 1. The van der Waals surface area contributed by atoms with Gasteiger partial charge in [0, 0.05) is 5.56 Å². The molecular weight excluding hydrogens is 204 g/mol. The molecule has 86 valence electrons. The van der Waals surface area contributed by atoms with Gasteiger partial charge in [0.25, 0.3) is 0 Å². The summed E-state index contributed by atoms with van der Waals surface area (Å²) in [7, 11) is 1.30. The van der Waals surface area contributed by atoms with E-state index in [1.165, 1.54) is 12.7 Å². The van der Waals surface area contributed by atoms with Gasteiger partial charge in [0.1, 0.15) is 0 Å². The highest BCUT2D eigenvalue weighted by Gasteiger charge is 2.03. The number of nitrogens with zero attached hydrogens (tertiary/aromatic N) is 1. The van der Waals surface area contributed by atoms with E-state index in [1.807, 2.05) is 32.9 Å². The van der Waals surface area contributed by atoms with Gasteiger partial charge in [-0.1, -0.05) is 23.8 Å². The van der Waals surface area contributed by atoms with Gasteiger partial charge in [-0.3, -0.25) is 0 Å². The maximum absolute atomic E-state index is 10.8. The number of hydrogen-bond acceptors (Lipinski definition) is 3. The number of carbonyl (C=O) groups is 1. The van der Waals surface area contributed by atoms with E-state index in [2.05, 4.69) is 21.3 Å². The summed E-state index contributed by atoms with van der Waals surface area (Å²) in [6.07, 6.45) is -0.566. The van der Waals surface area contributed by atoms with Crippen LogP contribution in [-0.4, -0.2) is 18.9 Å². The molecule has 4 nitrogen and oxygen atoms in total. The molecule has 4 heteroatoms. The van der Waals surface area contributed by atoms with Crippen LogP contribution >= 0.6 is 0 Å². The summed E-state index contributed by atoms with van der Waals surface area (Å²) in [5, 5.41) is 3.95. The molecule has 1 rings (SSSR count). The van der Waals surface area contributed by atoms with Gasteiger partial charge in [-0.15, -0.1) is 0 Å². The monoisotopic (exact) mass is 220 g/mol. The predicted molar refractivity (Wildman–Crippen MR) is 63.7 cm³/mol. The second-order valence-electron chi connectivity index (χ2n) is 3.62. The van der Waals surface area contributed by atoms with Crippen molar-refractivity contribution in [3.05, 3.63) is 34.9 Å². The minimum atomic E-state index is -0.566. The van der Waals surface area contributed by atoms with Crippen molar-refractivity contribution in [3.8, 4) is 0 Å². The summed E-state index contributed by atoms with van der Waals surface area (Å²) in [5.74, 6) is 0. The molecule has 0 radical (unpaired) electrons. The molecule has 0 aromatic heterocycles. The molecular formula is C12H16N2O2. The zero-order chi connectivity index (χ0) is 12.1. The van der Waals surface area contributed by atoms with Crippen LogP contribution in [0.5, 0.6) is 0 Å². The Labute approximate surface area is 95.3 Å². The molecule has 0 saturated heterocycles. The number of aryl methyl sites for hydroxylation is 2. The predicted octanol–water partition coefficient (Wildman–Crippen LogP) is 2.38. The van der Waals surface area contributed by atoms with E-state index >= 15 is 0 Å². The Morgan fingerprint density at radius 3 is 2.62 bits per heavy atom. The number of amides is 1. The van der Waals surface area contributed by atoms with E-state index in [-0.39, 0.29) is 0 Å². The van der Waals surface area contributed by atoms with Gasteiger partial charge in [0.2, 0.25) is 0 Å². The van der Waals surface area contributed by atoms with E-state index in [0.717, 1.165) is 16.8 Å². The third-order valence-corrected chi connectivity index (χ3v) is 2.27. The van der Waals surface area contributed by atoms with E-state index in [9.17, 15) is 4.79 Å². The SMILES string of the molecule is COC(=O)NN=C(C)c1ccc(C)cc1C. The van der Waals surface area contributed by atoms with E-state index in [4.69, 9.17) is 0 Å².